The predicted octanol–water partition coefficient (Wildman–Crippen LogP) is 6.06. The van der Waals surface area contributed by atoms with Gasteiger partial charge in [0.05, 0.1) is 48.8 Å². The highest BCUT2D eigenvalue weighted by Crippen LogP contribution is 2.61. The molecule has 3 aromatic rings. The van der Waals surface area contributed by atoms with Crippen LogP contribution in [0.1, 0.15) is 19.8 Å². The van der Waals surface area contributed by atoms with Crippen LogP contribution in [0.2, 0.25) is 0 Å². The van der Waals surface area contributed by atoms with Gasteiger partial charge in [0.25, 0.3) is 0 Å². The van der Waals surface area contributed by atoms with Gasteiger partial charge in [-0.15, -0.1) is 0 Å². The molecule has 0 amide bonds. The SMILES string of the molecule is CCCC[P+](C)(CC[P+](C)(c1ccccc1)c1ccccc1)c1ccccc1. The average Bonchev–Trinajstić information content (AvgIpc) is 2.78. The molecule has 0 radical (unpaired) electrons. The molecule has 2 heteroatoms. The second-order valence-corrected chi connectivity index (χ2v) is 16.2. The summed E-state index contributed by atoms with van der Waals surface area (Å²) in [6.07, 6.45) is 6.63. The Balaban J connectivity index is 1.94. The molecule has 0 spiro atoms. The van der Waals surface area contributed by atoms with E-state index < -0.39 is 14.5 Å². The first-order valence-electron chi connectivity index (χ1n) is 10.5. The molecule has 0 bridgehead atoms. The van der Waals surface area contributed by atoms with E-state index in [1.165, 1.54) is 41.9 Å². The Morgan fingerprint density at radius 2 is 0.964 bits per heavy atom. The van der Waals surface area contributed by atoms with Crippen molar-refractivity contribution in [1.82, 2.24) is 0 Å². The molecule has 0 heterocycles. The molecule has 3 rings (SSSR count). The Hall–Kier alpha value is -1.48. The van der Waals surface area contributed by atoms with Crippen molar-refractivity contribution in [3.05, 3.63) is 91.0 Å². The van der Waals surface area contributed by atoms with Crippen LogP contribution in [0.3, 0.4) is 0 Å². The largest absolute Gasteiger partial charge is 0.102 e. The van der Waals surface area contributed by atoms with E-state index in [0.29, 0.717) is 0 Å². The van der Waals surface area contributed by atoms with Gasteiger partial charge in [-0.2, -0.15) is 0 Å². The quantitative estimate of drug-likeness (QED) is 0.378. The number of hydrogen-bond acceptors (Lipinski definition) is 0. The zero-order valence-electron chi connectivity index (χ0n) is 17.6. The summed E-state index contributed by atoms with van der Waals surface area (Å²) >= 11 is 0. The minimum absolute atomic E-state index is 1.15. The Bertz CT molecular complexity index is 791. The molecule has 0 saturated heterocycles. The Labute approximate surface area is 173 Å². The number of rotatable bonds is 9. The lowest BCUT2D eigenvalue weighted by Gasteiger charge is -2.28. The third-order valence-electron chi connectivity index (χ3n) is 6.08. The minimum Gasteiger partial charge on any atom is -0.0652 e. The van der Waals surface area contributed by atoms with Crippen LogP contribution >= 0.6 is 14.5 Å². The van der Waals surface area contributed by atoms with Gasteiger partial charge in [0.15, 0.2) is 0 Å². The molecule has 0 aliphatic rings. The van der Waals surface area contributed by atoms with Gasteiger partial charge >= 0.3 is 0 Å². The van der Waals surface area contributed by atoms with Crippen LogP contribution in [0.15, 0.2) is 91.0 Å². The normalized spacial score (nSPS) is 13.8. The summed E-state index contributed by atoms with van der Waals surface area (Å²) in [7, 11) is -2.54. The molecule has 28 heavy (non-hydrogen) atoms. The molecular formula is C26H34P2+2. The molecule has 0 aliphatic carbocycles. The number of benzene rings is 3. The Morgan fingerprint density at radius 1 is 0.536 bits per heavy atom. The van der Waals surface area contributed by atoms with Crippen LogP contribution in [0.5, 0.6) is 0 Å². The maximum Gasteiger partial charge on any atom is 0.102 e. The molecular weight excluding hydrogens is 374 g/mol. The van der Waals surface area contributed by atoms with E-state index in [0.717, 1.165) is 0 Å². The van der Waals surface area contributed by atoms with E-state index in [1.54, 1.807) is 5.30 Å². The second kappa shape index (κ2) is 9.82. The summed E-state index contributed by atoms with van der Waals surface area (Å²) in [6, 6.07) is 33.9. The maximum absolute atomic E-state index is 2.60. The van der Waals surface area contributed by atoms with Crippen molar-refractivity contribution >= 4 is 30.4 Å². The van der Waals surface area contributed by atoms with Crippen LogP contribution in [-0.2, 0) is 0 Å². The third-order valence-corrected chi connectivity index (χ3v) is 14.5. The van der Waals surface area contributed by atoms with E-state index >= 15 is 0 Å². The first-order valence-corrected chi connectivity index (χ1v) is 15.5. The molecule has 0 aromatic heterocycles. The second-order valence-electron chi connectivity index (χ2n) is 8.12. The van der Waals surface area contributed by atoms with Gasteiger partial charge in [-0.05, 0) is 42.8 Å². The van der Waals surface area contributed by atoms with E-state index in [1.807, 2.05) is 0 Å². The van der Waals surface area contributed by atoms with E-state index in [2.05, 4.69) is 111 Å². The summed E-state index contributed by atoms with van der Waals surface area (Å²) in [5.74, 6) is 0. The van der Waals surface area contributed by atoms with Crippen molar-refractivity contribution < 1.29 is 0 Å². The van der Waals surface area contributed by atoms with E-state index in [-0.39, 0.29) is 0 Å². The third kappa shape index (κ3) is 4.92. The standard InChI is InChI=1S/C26H34P2/c1-4-5-21-27(2,24-15-9-6-10-16-24)22-23-28(3,25-17-11-7-12-18-25)26-19-13-8-14-20-26/h6-20H,4-5,21-23H2,1-3H3/q+2. The van der Waals surface area contributed by atoms with Gasteiger partial charge in [-0.1, -0.05) is 67.9 Å². The highest BCUT2D eigenvalue weighted by Gasteiger charge is 2.43. The molecule has 1 unspecified atom stereocenters. The van der Waals surface area contributed by atoms with E-state index in [4.69, 9.17) is 0 Å². The van der Waals surface area contributed by atoms with Crippen LogP contribution < -0.4 is 15.9 Å². The predicted molar refractivity (Wildman–Crippen MR) is 133 cm³/mol. The molecule has 0 saturated carbocycles. The summed E-state index contributed by atoms with van der Waals surface area (Å²) in [5, 5.41) is 4.68. The summed E-state index contributed by atoms with van der Waals surface area (Å²) < 4.78 is 0. The van der Waals surface area contributed by atoms with Crippen molar-refractivity contribution in [2.45, 2.75) is 19.8 Å². The molecule has 0 N–H and O–H groups in total. The topological polar surface area (TPSA) is 0 Å². The zero-order chi connectivity index (χ0) is 19.9. The number of unbranched alkanes of at least 4 members (excludes halogenated alkanes) is 1. The van der Waals surface area contributed by atoms with Crippen LogP contribution in [0.25, 0.3) is 0 Å². The van der Waals surface area contributed by atoms with Gasteiger partial charge < -0.3 is 0 Å². The number of hydrogen-bond donors (Lipinski definition) is 0. The van der Waals surface area contributed by atoms with Gasteiger partial charge in [0, 0.05) is 7.26 Å². The van der Waals surface area contributed by atoms with Gasteiger partial charge in [-0.3, -0.25) is 0 Å². The lowest BCUT2D eigenvalue weighted by Crippen LogP contribution is -2.28. The highest BCUT2D eigenvalue weighted by atomic mass is 31.2. The summed E-state index contributed by atoms with van der Waals surface area (Å²) in [6.45, 7) is 7.46. The molecule has 1 atom stereocenters. The van der Waals surface area contributed by atoms with Gasteiger partial charge in [0.1, 0.15) is 6.16 Å². The fourth-order valence-corrected chi connectivity index (χ4v) is 12.5. The smallest absolute Gasteiger partial charge is 0.0652 e. The highest BCUT2D eigenvalue weighted by molar-refractivity contribution is 7.90. The minimum atomic E-state index is -1.40. The first kappa shape index (κ1) is 21.2. The van der Waals surface area contributed by atoms with E-state index in [9.17, 15) is 0 Å². The molecule has 0 fully saturated rings. The lowest BCUT2D eigenvalue weighted by atomic mass is 10.4. The van der Waals surface area contributed by atoms with Gasteiger partial charge in [-0.25, -0.2) is 0 Å². The van der Waals surface area contributed by atoms with Crippen LogP contribution in [-0.4, -0.2) is 31.8 Å². The lowest BCUT2D eigenvalue weighted by molar-refractivity contribution is 0.888. The molecule has 146 valence electrons. The van der Waals surface area contributed by atoms with Gasteiger partial charge in [0.2, 0.25) is 0 Å². The fraction of sp³-hybridized carbons (Fsp3) is 0.308. The Morgan fingerprint density at radius 3 is 1.39 bits per heavy atom. The maximum atomic E-state index is 2.60. The molecule has 0 nitrogen and oxygen atoms in total. The zero-order valence-corrected chi connectivity index (χ0v) is 19.4. The van der Waals surface area contributed by atoms with Crippen molar-refractivity contribution in [2.75, 3.05) is 31.8 Å². The Kier molecular flexibility index (Phi) is 7.45. The monoisotopic (exact) mass is 408 g/mol. The van der Waals surface area contributed by atoms with Crippen molar-refractivity contribution in [2.24, 2.45) is 0 Å². The molecule has 0 aliphatic heterocycles. The van der Waals surface area contributed by atoms with Crippen molar-refractivity contribution in [3.63, 3.8) is 0 Å². The van der Waals surface area contributed by atoms with Crippen molar-refractivity contribution in [1.29, 1.82) is 0 Å². The average molecular weight is 409 g/mol. The fourth-order valence-electron chi connectivity index (χ4n) is 4.01. The first-order chi connectivity index (χ1) is 13.6. The summed E-state index contributed by atoms with van der Waals surface area (Å²) in [4.78, 5) is 0. The molecule has 3 aromatic carbocycles. The van der Waals surface area contributed by atoms with Crippen LogP contribution in [0, 0.1) is 0 Å². The van der Waals surface area contributed by atoms with Crippen molar-refractivity contribution in [3.8, 4) is 0 Å². The van der Waals surface area contributed by atoms with Crippen LogP contribution in [0.4, 0.5) is 0 Å². The summed E-state index contributed by atoms with van der Waals surface area (Å²) in [5.41, 5.74) is 0.